The van der Waals surface area contributed by atoms with Crippen molar-refractivity contribution in [1.82, 2.24) is 30.6 Å². The molecule has 0 unspecified atom stereocenters. The van der Waals surface area contributed by atoms with Crippen molar-refractivity contribution in [3.63, 3.8) is 0 Å². The minimum absolute atomic E-state index is 0.00132. The zero-order chi connectivity index (χ0) is 26.0. The Kier molecular flexibility index (Phi) is 5.12. The van der Waals surface area contributed by atoms with Gasteiger partial charge in [0.15, 0.2) is 23.1 Å². The molecule has 3 aromatic rings. The average Bonchev–Trinajstić information content (AvgIpc) is 3.54. The summed E-state index contributed by atoms with van der Waals surface area (Å²) in [6.45, 7) is -1.30. The summed E-state index contributed by atoms with van der Waals surface area (Å²) >= 11 is 0. The Morgan fingerprint density at radius 2 is 2.18 bits per heavy atom. The van der Waals surface area contributed by atoms with E-state index in [-0.39, 0.29) is 52.3 Å². The summed E-state index contributed by atoms with van der Waals surface area (Å²) in [5.41, 5.74) is -0.0113. The number of carbonyl (C=O) groups is 2. The Bertz CT molecular complexity index is 1290. The first-order chi connectivity index (χ1) is 17.1. The Morgan fingerprint density at radius 3 is 2.85 bits per heavy atom. The van der Waals surface area contributed by atoms with Crippen molar-refractivity contribution in [2.45, 2.75) is 25.9 Å². The molecular formula is C20H22N8O5. The lowest BCUT2D eigenvalue weighted by atomic mass is 10.2. The number of aliphatic hydroxyl groups is 1. The van der Waals surface area contributed by atoms with Crippen LogP contribution in [0, 0.1) is 5.92 Å². The summed E-state index contributed by atoms with van der Waals surface area (Å²) < 4.78 is 32.5. The highest BCUT2D eigenvalue weighted by molar-refractivity contribution is 5.99. The summed E-state index contributed by atoms with van der Waals surface area (Å²) in [5.74, 6) is -0.975. The minimum atomic E-state index is -2.77. The van der Waals surface area contributed by atoms with Crippen molar-refractivity contribution in [2.75, 3.05) is 24.7 Å². The molecule has 0 aromatic carbocycles. The van der Waals surface area contributed by atoms with Crippen LogP contribution < -0.4 is 20.7 Å². The van der Waals surface area contributed by atoms with Crippen LogP contribution in [0.15, 0.2) is 22.9 Å². The highest BCUT2D eigenvalue weighted by Gasteiger charge is 2.30. The summed E-state index contributed by atoms with van der Waals surface area (Å²) in [4.78, 5) is 33.2. The fraction of sp³-hybridized carbons (Fsp3) is 0.350. The van der Waals surface area contributed by atoms with Crippen LogP contribution in [0.25, 0.3) is 11.4 Å². The molecule has 1 aliphatic carbocycles. The number of nitrogens with zero attached hydrogens (tertiary/aromatic N) is 5. The molecule has 3 heterocycles. The maximum absolute atomic E-state index is 12.6. The molecule has 1 aliphatic rings. The van der Waals surface area contributed by atoms with Crippen molar-refractivity contribution in [2.24, 2.45) is 5.92 Å². The van der Waals surface area contributed by atoms with Crippen molar-refractivity contribution >= 4 is 29.1 Å². The van der Waals surface area contributed by atoms with Gasteiger partial charge in [-0.3, -0.25) is 9.59 Å². The van der Waals surface area contributed by atoms with E-state index in [0.717, 1.165) is 12.8 Å². The number of nitrogens with one attached hydrogen (secondary N) is 3. The molecule has 0 spiro atoms. The third kappa shape index (κ3) is 4.72. The van der Waals surface area contributed by atoms with E-state index in [4.69, 9.17) is 13.4 Å². The standard InChI is InChI=1S/C20H22N8O5/c1-9(29)20-25-16(28-33-20)11-6-7-22-17(15(11)32-3)23-12-8-13(24-18(30)10-4-5-10)26-27-14(12)19(31)21-2/h6-10,29H,4-5H2,1-3H3,(H,21,31)(H2,22,23,24,26,30)/t9-/m0/s1/i2D3. The second kappa shape index (κ2) is 9.16. The minimum Gasteiger partial charge on any atom is -0.492 e. The lowest BCUT2D eigenvalue weighted by Gasteiger charge is -2.15. The lowest BCUT2D eigenvalue weighted by Crippen LogP contribution is -2.22. The van der Waals surface area contributed by atoms with Crippen LogP contribution in [0.2, 0.25) is 0 Å². The average molecular weight is 457 g/mol. The predicted molar refractivity (Wildman–Crippen MR) is 115 cm³/mol. The van der Waals surface area contributed by atoms with Crippen LogP contribution in [-0.2, 0) is 4.79 Å². The van der Waals surface area contributed by atoms with Crippen molar-refractivity contribution in [3.8, 4) is 17.1 Å². The highest BCUT2D eigenvalue weighted by atomic mass is 16.5. The molecule has 13 nitrogen and oxygen atoms in total. The van der Waals surface area contributed by atoms with Gasteiger partial charge in [-0.25, -0.2) is 4.98 Å². The molecule has 33 heavy (non-hydrogen) atoms. The lowest BCUT2D eigenvalue weighted by molar-refractivity contribution is -0.117. The fourth-order valence-corrected chi connectivity index (χ4v) is 2.91. The van der Waals surface area contributed by atoms with Gasteiger partial charge < -0.3 is 30.3 Å². The van der Waals surface area contributed by atoms with Gasteiger partial charge in [-0.15, -0.1) is 10.2 Å². The molecule has 3 aromatic heterocycles. The molecule has 13 heteroatoms. The van der Waals surface area contributed by atoms with Crippen LogP contribution in [0.1, 0.15) is 46.4 Å². The highest BCUT2D eigenvalue weighted by Crippen LogP contribution is 2.36. The van der Waals surface area contributed by atoms with Gasteiger partial charge in [0.25, 0.3) is 11.8 Å². The SMILES string of the molecule is [2H]C([2H])([2H])NC(=O)c1nnc(NC(=O)C2CC2)cc1Nc1nccc(-c2noc([C@H](C)O)n2)c1OC. The number of carbonyl (C=O) groups excluding carboxylic acids is 2. The Hall–Kier alpha value is -4.13. The van der Waals surface area contributed by atoms with Gasteiger partial charge in [-0.05, 0) is 25.8 Å². The number of ether oxygens (including phenoxy) is 1. The molecule has 0 aliphatic heterocycles. The van der Waals surface area contributed by atoms with E-state index in [1.165, 1.54) is 26.3 Å². The van der Waals surface area contributed by atoms with Gasteiger partial charge in [0.05, 0.1) is 18.4 Å². The number of pyridine rings is 1. The largest absolute Gasteiger partial charge is 0.492 e. The molecule has 0 saturated heterocycles. The number of methoxy groups -OCH3 is 1. The number of aliphatic hydroxyl groups excluding tert-OH is 1. The van der Waals surface area contributed by atoms with Crippen LogP contribution in [0.4, 0.5) is 17.3 Å². The Labute approximate surface area is 192 Å². The van der Waals surface area contributed by atoms with Crippen molar-refractivity contribution in [1.29, 1.82) is 0 Å². The van der Waals surface area contributed by atoms with Crippen LogP contribution >= 0.6 is 0 Å². The van der Waals surface area contributed by atoms with E-state index in [2.05, 4.69) is 36.0 Å². The van der Waals surface area contributed by atoms with E-state index < -0.39 is 19.0 Å². The fourth-order valence-electron chi connectivity index (χ4n) is 2.91. The van der Waals surface area contributed by atoms with Crippen LogP contribution in [0.3, 0.4) is 0 Å². The number of rotatable bonds is 8. The normalized spacial score (nSPS) is 15.5. The van der Waals surface area contributed by atoms with Gasteiger partial charge >= 0.3 is 0 Å². The molecule has 4 rings (SSSR count). The van der Waals surface area contributed by atoms with Gasteiger partial charge in [0.1, 0.15) is 6.10 Å². The number of aromatic nitrogens is 5. The molecule has 1 fully saturated rings. The van der Waals surface area contributed by atoms with E-state index in [1.54, 1.807) is 6.07 Å². The van der Waals surface area contributed by atoms with Crippen molar-refractivity contribution < 1.29 is 28.1 Å². The maximum Gasteiger partial charge on any atom is 0.273 e. The monoisotopic (exact) mass is 457 g/mol. The summed E-state index contributed by atoms with van der Waals surface area (Å²) in [7, 11) is 1.37. The molecule has 172 valence electrons. The first-order valence-corrected chi connectivity index (χ1v) is 9.89. The van der Waals surface area contributed by atoms with Crippen LogP contribution in [-0.4, -0.2) is 56.3 Å². The van der Waals surface area contributed by atoms with Gasteiger partial charge in [-0.1, -0.05) is 5.16 Å². The van der Waals surface area contributed by atoms with E-state index in [0.29, 0.717) is 5.56 Å². The second-order valence-corrected chi connectivity index (χ2v) is 7.21. The maximum atomic E-state index is 12.6. The zero-order valence-corrected chi connectivity index (χ0v) is 17.6. The predicted octanol–water partition coefficient (Wildman–Crippen LogP) is 1.44. The van der Waals surface area contributed by atoms with E-state index in [1.807, 2.05) is 5.32 Å². The smallest absolute Gasteiger partial charge is 0.273 e. The van der Waals surface area contributed by atoms with E-state index >= 15 is 0 Å². The number of anilines is 3. The molecule has 1 saturated carbocycles. The third-order valence-corrected chi connectivity index (χ3v) is 4.72. The van der Waals surface area contributed by atoms with Gasteiger partial charge in [-0.2, -0.15) is 4.98 Å². The molecule has 0 radical (unpaired) electrons. The summed E-state index contributed by atoms with van der Waals surface area (Å²) in [5, 5.41) is 28.5. The topological polar surface area (TPSA) is 177 Å². The zero-order valence-electron chi connectivity index (χ0n) is 20.6. The number of amides is 2. The molecule has 2 amide bonds. The van der Waals surface area contributed by atoms with Crippen molar-refractivity contribution in [3.05, 3.63) is 29.9 Å². The second-order valence-electron chi connectivity index (χ2n) is 7.21. The molecule has 4 N–H and O–H groups in total. The Balaban J connectivity index is 1.72. The third-order valence-electron chi connectivity index (χ3n) is 4.72. The van der Waals surface area contributed by atoms with Crippen LogP contribution in [0.5, 0.6) is 5.75 Å². The summed E-state index contributed by atoms with van der Waals surface area (Å²) in [6.07, 6.45) is 1.96. The Morgan fingerprint density at radius 1 is 1.36 bits per heavy atom. The van der Waals surface area contributed by atoms with Gasteiger partial charge in [0.2, 0.25) is 11.7 Å². The first-order valence-electron chi connectivity index (χ1n) is 11.4. The quantitative estimate of drug-likeness (QED) is 0.385. The van der Waals surface area contributed by atoms with E-state index in [9.17, 15) is 14.7 Å². The summed E-state index contributed by atoms with van der Waals surface area (Å²) in [6, 6.07) is 2.88. The molecule has 0 bridgehead atoms. The number of hydrogen-bond acceptors (Lipinski definition) is 11. The molecule has 1 atom stereocenters. The first kappa shape index (κ1) is 18.4. The van der Waals surface area contributed by atoms with Gasteiger partial charge in [0, 0.05) is 29.3 Å². The number of hydrogen-bond donors (Lipinski definition) is 4. The molecular weight excluding hydrogens is 432 g/mol.